The molecule has 0 bridgehead atoms. The van der Waals surface area contributed by atoms with E-state index in [1.54, 1.807) is 0 Å². The highest BCUT2D eigenvalue weighted by molar-refractivity contribution is 5.76. The zero-order valence-corrected chi connectivity index (χ0v) is 19.8. The van der Waals surface area contributed by atoms with Gasteiger partial charge in [0.15, 0.2) is 0 Å². The number of hydrogen-bond donors (Lipinski definition) is 1. The predicted octanol–water partition coefficient (Wildman–Crippen LogP) is 5.88. The van der Waals surface area contributed by atoms with Crippen molar-refractivity contribution in [2.75, 3.05) is 13.1 Å². The summed E-state index contributed by atoms with van der Waals surface area (Å²) in [5, 5.41) is 3.09. The number of nitrogens with zero attached hydrogens (tertiary/aromatic N) is 1. The summed E-state index contributed by atoms with van der Waals surface area (Å²) in [5.41, 5.74) is 2.52. The average Bonchev–Trinajstić information content (AvgIpc) is 2.81. The first-order valence-electron chi connectivity index (χ1n) is 12.4. The summed E-state index contributed by atoms with van der Waals surface area (Å²) in [5.74, 6) is 0.162. The van der Waals surface area contributed by atoms with Crippen molar-refractivity contribution in [3.63, 3.8) is 0 Å². The lowest BCUT2D eigenvalue weighted by Gasteiger charge is -2.39. The van der Waals surface area contributed by atoms with Crippen LogP contribution in [0.25, 0.3) is 0 Å². The molecular weight excluding hydrogens is 396 g/mol. The molecule has 1 amide bonds. The van der Waals surface area contributed by atoms with Crippen LogP contribution in [0.5, 0.6) is 0 Å². The highest BCUT2D eigenvalue weighted by Crippen LogP contribution is 2.28. The Bertz CT molecular complexity index is 781. The maximum atomic E-state index is 12.6. The molecule has 3 rings (SSSR count). The molecule has 0 spiro atoms. The minimum atomic E-state index is 0.157. The van der Waals surface area contributed by atoms with Gasteiger partial charge in [-0.15, -0.1) is 0 Å². The molecule has 1 aliphatic heterocycles. The third-order valence-corrected chi connectivity index (χ3v) is 6.58. The molecule has 1 fully saturated rings. The van der Waals surface area contributed by atoms with Gasteiger partial charge >= 0.3 is 0 Å². The molecule has 174 valence electrons. The minimum Gasteiger partial charge on any atom is -0.373 e. The molecule has 0 aliphatic carbocycles. The SMILES string of the molecule is CCCCC[C@@H](C[C@@H]1CC(=O)NCCCN1[C@H](C)c1ccccc1)OCc1ccccc1. The van der Waals surface area contributed by atoms with Gasteiger partial charge in [-0.05, 0) is 37.3 Å². The van der Waals surface area contributed by atoms with E-state index in [4.69, 9.17) is 4.74 Å². The Hall–Kier alpha value is -2.17. The van der Waals surface area contributed by atoms with Crippen LogP contribution in [0.15, 0.2) is 60.7 Å². The third-order valence-electron chi connectivity index (χ3n) is 6.58. The smallest absolute Gasteiger partial charge is 0.221 e. The van der Waals surface area contributed by atoms with Crippen LogP contribution in [0.1, 0.15) is 76.0 Å². The Labute approximate surface area is 194 Å². The molecule has 2 aromatic rings. The molecule has 2 aromatic carbocycles. The van der Waals surface area contributed by atoms with Crippen LogP contribution in [0.3, 0.4) is 0 Å². The van der Waals surface area contributed by atoms with Crippen molar-refractivity contribution in [1.29, 1.82) is 0 Å². The zero-order valence-electron chi connectivity index (χ0n) is 19.8. The van der Waals surface area contributed by atoms with E-state index >= 15 is 0 Å². The van der Waals surface area contributed by atoms with Gasteiger partial charge in [-0.3, -0.25) is 9.69 Å². The second-order valence-electron chi connectivity index (χ2n) is 9.04. The highest BCUT2D eigenvalue weighted by Gasteiger charge is 2.30. The lowest BCUT2D eigenvalue weighted by atomic mass is 9.95. The topological polar surface area (TPSA) is 41.6 Å². The van der Waals surface area contributed by atoms with Gasteiger partial charge in [0.05, 0.1) is 12.7 Å². The van der Waals surface area contributed by atoms with Crippen LogP contribution in [0.4, 0.5) is 0 Å². The molecule has 1 N–H and O–H groups in total. The first-order chi connectivity index (χ1) is 15.7. The summed E-state index contributed by atoms with van der Waals surface area (Å²) in [6.07, 6.45) is 7.20. The van der Waals surface area contributed by atoms with Crippen LogP contribution in [-0.2, 0) is 16.1 Å². The van der Waals surface area contributed by atoms with Gasteiger partial charge in [-0.25, -0.2) is 0 Å². The minimum absolute atomic E-state index is 0.157. The van der Waals surface area contributed by atoms with Gasteiger partial charge in [-0.2, -0.15) is 0 Å². The third kappa shape index (κ3) is 7.75. The standard InChI is InChI=1S/C28H40N2O2/c1-3-4-7-17-27(32-22-24-13-8-5-9-14-24)20-26-21-28(31)29-18-12-19-30(26)23(2)25-15-10-6-11-16-25/h5-6,8-11,13-16,23,26-27H,3-4,7,12,17-22H2,1-2H3,(H,29,31)/t23-,26-,27+/m1/s1. The normalized spacial score (nSPS) is 19.6. The van der Waals surface area contributed by atoms with Crippen LogP contribution in [0.2, 0.25) is 0 Å². The Kier molecular flexibility index (Phi) is 10.2. The fourth-order valence-electron chi connectivity index (χ4n) is 4.71. The predicted molar refractivity (Wildman–Crippen MR) is 131 cm³/mol. The number of rotatable bonds is 11. The van der Waals surface area contributed by atoms with Crippen molar-refractivity contribution >= 4 is 5.91 Å². The quantitative estimate of drug-likeness (QED) is 0.447. The number of nitrogens with one attached hydrogen (secondary N) is 1. The molecule has 1 heterocycles. The summed E-state index contributed by atoms with van der Waals surface area (Å²) in [4.78, 5) is 15.1. The summed E-state index contributed by atoms with van der Waals surface area (Å²) >= 11 is 0. The van der Waals surface area contributed by atoms with Gasteiger partial charge in [0.25, 0.3) is 0 Å². The van der Waals surface area contributed by atoms with Crippen LogP contribution in [0, 0.1) is 0 Å². The number of ether oxygens (including phenoxy) is 1. The molecular formula is C28H40N2O2. The Morgan fingerprint density at radius 1 is 1.06 bits per heavy atom. The monoisotopic (exact) mass is 436 g/mol. The van der Waals surface area contributed by atoms with Crippen molar-refractivity contribution in [2.24, 2.45) is 0 Å². The van der Waals surface area contributed by atoms with E-state index in [2.05, 4.69) is 78.7 Å². The van der Waals surface area contributed by atoms with Crippen molar-refractivity contribution in [3.8, 4) is 0 Å². The number of carbonyl (C=O) groups is 1. The van der Waals surface area contributed by atoms with Crippen molar-refractivity contribution in [3.05, 3.63) is 71.8 Å². The second-order valence-corrected chi connectivity index (χ2v) is 9.04. The van der Waals surface area contributed by atoms with Gasteiger partial charge in [-0.1, -0.05) is 86.8 Å². The Morgan fingerprint density at radius 3 is 2.50 bits per heavy atom. The molecule has 4 heteroatoms. The van der Waals surface area contributed by atoms with E-state index in [1.807, 2.05) is 6.07 Å². The summed E-state index contributed by atoms with van der Waals surface area (Å²) in [7, 11) is 0. The number of hydrogen-bond acceptors (Lipinski definition) is 3. The molecule has 0 saturated carbocycles. The molecule has 0 aromatic heterocycles. The Morgan fingerprint density at radius 2 is 1.78 bits per heavy atom. The largest absolute Gasteiger partial charge is 0.373 e. The first-order valence-corrected chi connectivity index (χ1v) is 12.4. The average molecular weight is 437 g/mol. The van der Waals surface area contributed by atoms with Gasteiger partial charge in [0.1, 0.15) is 0 Å². The van der Waals surface area contributed by atoms with Crippen LogP contribution < -0.4 is 5.32 Å². The molecule has 1 aliphatic rings. The van der Waals surface area contributed by atoms with Crippen molar-refractivity contribution < 1.29 is 9.53 Å². The van der Waals surface area contributed by atoms with E-state index in [-0.39, 0.29) is 24.1 Å². The first kappa shape index (κ1) is 24.5. The summed E-state index contributed by atoms with van der Waals surface area (Å²) in [6, 6.07) is 21.5. The number of unbranched alkanes of at least 4 members (excludes halogenated alkanes) is 2. The van der Waals surface area contributed by atoms with Crippen LogP contribution >= 0.6 is 0 Å². The number of benzene rings is 2. The van der Waals surface area contributed by atoms with E-state index in [1.165, 1.54) is 30.4 Å². The summed E-state index contributed by atoms with van der Waals surface area (Å²) in [6.45, 7) is 6.89. The fraction of sp³-hybridized carbons (Fsp3) is 0.536. The fourth-order valence-corrected chi connectivity index (χ4v) is 4.71. The highest BCUT2D eigenvalue weighted by atomic mass is 16.5. The van der Waals surface area contributed by atoms with Gasteiger partial charge < -0.3 is 10.1 Å². The van der Waals surface area contributed by atoms with E-state index in [0.29, 0.717) is 13.0 Å². The number of amides is 1. The van der Waals surface area contributed by atoms with Gasteiger partial charge in [0.2, 0.25) is 5.91 Å². The zero-order chi connectivity index (χ0) is 22.6. The molecule has 0 unspecified atom stereocenters. The van der Waals surface area contributed by atoms with E-state index < -0.39 is 0 Å². The second kappa shape index (κ2) is 13.4. The lowest BCUT2D eigenvalue weighted by molar-refractivity contribution is -0.123. The molecule has 0 radical (unpaired) electrons. The van der Waals surface area contributed by atoms with Crippen LogP contribution in [-0.4, -0.2) is 36.0 Å². The molecule has 4 nitrogen and oxygen atoms in total. The molecule has 3 atom stereocenters. The van der Waals surface area contributed by atoms with E-state index in [9.17, 15) is 4.79 Å². The van der Waals surface area contributed by atoms with Gasteiger partial charge in [0, 0.05) is 31.6 Å². The van der Waals surface area contributed by atoms with Crippen molar-refractivity contribution in [2.45, 2.75) is 83.6 Å². The van der Waals surface area contributed by atoms with Crippen molar-refractivity contribution in [1.82, 2.24) is 10.2 Å². The van der Waals surface area contributed by atoms with E-state index in [0.717, 1.165) is 32.4 Å². The molecule has 32 heavy (non-hydrogen) atoms. The maximum absolute atomic E-state index is 12.6. The number of carbonyl (C=O) groups excluding carboxylic acids is 1. The lowest BCUT2D eigenvalue weighted by Crippen LogP contribution is -2.46. The molecule has 1 saturated heterocycles. The maximum Gasteiger partial charge on any atom is 0.221 e. The summed E-state index contributed by atoms with van der Waals surface area (Å²) < 4.78 is 6.46. The Balaban J connectivity index is 1.74.